The van der Waals surface area contributed by atoms with E-state index in [9.17, 15) is 19.5 Å². The van der Waals surface area contributed by atoms with Crippen LogP contribution in [-0.4, -0.2) is 70.8 Å². The number of anilines is 1. The molecule has 0 radical (unpaired) electrons. The first kappa shape index (κ1) is 28.3. The van der Waals surface area contributed by atoms with Gasteiger partial charge < -0.3 is 24.4 Å². The maximum Gasteiger partial charge on any atom is 0.312 e. The third-order valence-electron chi connectivity index (χ3n) is 8.20. The molecule has 3 aliphatic heterocycles. The highest BCUT2D eigenvalue weighted by molar-refractivity contribution is 6.30. The topological polar surface area (TPSA) is 96.4 Å². The van der Waals surface area contributed by atoms with Crippen LogP contribution in [0.1, 0.15) is 46.0 Å². The van der Waals surface area contributed by atoms with Crippen LogP contribution in [0.5, 0.6) is 0 Å². The average Bonchev–Trinajstić information content (AvgIpc) is 3.47. The van der Waals surface area contributed by atoms with Gasteiger partial charge in [0.2, 0.25) is 5.91 Å². The summed E-state index contributed by atoms with van der Waals surface area (Å²) >= 11 is 6.08. The summed E-state index contributed by atoms with van der Waals surface area (Å²) in [5.41, 5.74) is -1.53. The smallest absolute Gasteiger partial charge is 0.312 e. The minimum atomic E-state index is -1.20. The number of aliphatic hydroxyl groups is 1. The number of allylic oxidation sites excluding steroid dienone is 1. The standard InChI is InChI=1S/C29H37ClN2O6/c1-5-7-8-9-17-37-27(36)23-22-25(34)32(19(3)18-33)24(29(22)15-14-28(23,4)38-29)26(35)31(16-6-2)21-12-10-20(30)11-13-21/h5-6,10-13,19,22-24,33H,1-2,7-9,14-18H2,3-4H3/t19-,22+,23-,24?,28+,29?/m1/s1. The molecular formula is C29H37ClN2O6. The Morgan fingerprint density at radius 1 is 1.26 bits per heavy atom. The number of amides is 2. The van der Waals surface area contributed by atoms with Crippen LogP contribution in [0.2, 0.25) is 5.02 Å². The third-order valence-corrected chi connectivity index (χ3v) is 8.46. The van der Waals surface area contributed by atoms with Crippen molar-refractivity contribution < 1.29 is 29.0 Å². The molecule has 1 spiro atoms. The number of esters is 1. The van der Waals surface area contributed by atoms with Crippen molar-refractivity contribution in [3.8, 4) is 0 Å². The highest BCUT2D eigenvalue weighted by Crippen LogP contribution is 2.63. The van der Waals surface area contributed by atoms with Crippen LogP contribution in [0.15, 0.2) is 49.6 Å². The van der Waals surface area contributed by atoms with E-state index in [1.807, 2.05) is 13.0 Å². The van der Waals surface area contributed by atoms with E-state index in [4.69, 9.17) is 21.1 Å². The van der Waals surface area contributed by atoms with Gasteiger partial charge in [0.1, 0.15) is 17.6 Å². The molecule has 3 heterocycles. The molecule has 1 aromatic rings. The predicted molar refractivity (Wildman–Crippen MR) is 145 cm³/mol. The number of benzene rings is 1. The van der Waals surface area contributed by atoms with Gasteiger partial charge in [0, 0.05) is 17.3 Å². The maximum atomic E-state index is 14.3. The second kappa shape index (κ2) is 11.2. The number of hydrogen-bond donors (Lipinski definition) is 1. The van der Waals surface area contributed by atoms with Gasteiger partial charge in [0.05, 0.1) is 30.8 Å². The number of carbonyl (C=O) groups excluding carboxylic acids is 3. The van der Waals surface area contributed by atoms with E-state index >= 15 is 0 Å². The molecule has 0 aliphatic carbocycles. The fraction of sp³-hybridized carbons (Fsp3) is 0.552. The first-order valence-corrected chi connectivity index (χ1v) is 13.6. The number of unbranched alkanes of at least 4 members (excludes halogenated alkanes) is 2. The van der Waals surface area contributed by atoms with Crippen molar-refractivity contribution in [2.45, 2.75) is 69.2 Å². The molecule has 8 nitrogen and oxygen atoms in total. The maximum absolute atomic E-state index is 14.3. The van der Waals surface area contributed by atoms with E-state index in [1.54, 1.807) is 42.2 Å². The van der Waals surface area contributed by atoms with Crippen LogP contribution in [0.25, 0.3) is 0 Å². The molecular weight excluding hydrogens is 508 g/mol. The molecule has 0 saturated carbocycles. The van der Waals surface area contributed by atoms with Crippen molar-refractivity contribution in [3.63, 3.8) is 0 Å². The lowest BCUT2D eigenvalue weighted by Gasteiger charge is -2.38. The van der Waals surface area contributed by atoms with Crippen molar-refractivity contribution in [2.24, 2.45) is 11.8 Å². The number of carbonyl (C=O) groups is 3. The summed E-state index contributed by atoms with van der Waals surface area (Å²) < 4.78 is 12.2. The first-order valence-electron chi connectivity index (χ1n) is 13.2. The average molecular weight is 545 g/mol. The lowest BCUT2D eigenvalue weighted by atomic mass is 9.66. The number of fused-ring (bicyclic) bond motifs is 1. The predicted octanol–water partition coefficient (Wildman–Crippen LogP) is 3.90. The Balaban J connectivity index is 1.70. The molecule has 2 unspecified atom stereocenters. The zero-order chi connectivity index (χ0) is 27.7. The molecule has 6 atom stereocenters. The van der Waals surface area contributed by atoms with Gasteiger partial charge in [-0.25, -0.2) is 0 Å². The number of nitrogens with zero attached hydrogens (tertiary/aromatic N) is 2. The molecule has 3 aliphatic rings. The minimum absolute atomic E-state index is 0.195. The Kier molecular flexibility index (Phi) is 8.35. The number of rotatable bonds is 12. The van der Waals surface area contributed by atoms with Crippen LogP contribution >= 0.6 is 11.6 Å². The highest BCUT2D eigenvalue weighted by Gasteiger charge is 2.79. The van der Waals surface area contributed by atoms with Crippen LogP contribution < -0.4 is 4.90 Å². The fourth-order valence-corrected chi connectivity index (χ4v) is 6.56. The lowest BCUT2D eigenvalue weighted by molar-refractivity contribution is -0.160. The van der Waals surface area contributed by atoms with Crippen LogP contribution in [0.4, 0.5) is 5.69 Å². The second-order valence-corrected chi connectivity index (χ2v) is 11.1. The van der Waals surface area contributed by atoms with Crippen LogP contribution in [-0.2, 0) is 23.9 Å². The monoisotopic (exact) mass is 544 g/mol. The Hall–Kier alpha value is -2.68. The molecule has 2 amide bonds. The second-order valence-electron chi connectivity index (χ2n) is 10.7. The van der Waals surface area contributed by atoms with Crippen molar-refractivity contribution >= 4 is 35.1 Å². The molecule has 4 rings (SSSR count). The fourth-order valence-electron chi connectivity index (χ4n) is 6.44. The summed E-state index contributed by atoms with van der Waals surface area (Å²) in [6, 6.07) is 5.17. The Bertz CT molecular complexity index is 1090. The molecule has 3 fully saturated rings. The third kappa shape index (κ3) is 4.67. The van der Waals surface area contributed by atoms with E-state index in [-0.39, 0.29) is 31.6 Å². The first-order chi connectivity index (χ1) is 18.1. The highest BCUT2D eigenvalue weighted by atomic mass is 35.5. The molecule has 3 saturated heterocycles. The van der Waals surface area contributed by atoms with Gasteiger partial charge in [-0.2, -0.15) is 0 Å². The quantitative estimate of drug-likeness (QED) is 0.243. The van der Waals surface area contributed by atoms with Crippen LogP contribution in [0.3, 0.4) is 0 Å². The van der Waals surface area contributed by atoms with E-state index in [0.717, 1.165) is 12.8 Å². The van der Waals surface area contributed by atoms with Crippen LogP contribution in [0, 0.1) is 11.8 Å². The molecule has 2 bridgehead atoms. The Morgan fingerprint density at radius 3 is 2.61 bits per heavy atom. The van der Waals surface area contributed by atoms with Gasteiger partial charge >= 0.3 is 5.97 Å². The number of aliphatic hydroxyl groups excluding tert-OH is 1. The zero-order valence-electron chi connectivity index (χ0n) is 22.1. The van der Waals surface area contributed by atoms with Crippen molar-refractivity contribution in [3.05, 3.63) is 54.6 Å². The molecule has 206 valence electrons. The molecule has 38 heavy (non-hydrogen) atoms. The van der Waals surface area contributed by atoms with E-state index in [2.05, 4.69) is 13.2 Å². The molecule has 1 aromatic carbocycles. The number of likely N-dealkylation sites (tertiary alicyclic amines) is 1. The van der Waals surface area contributed by atoms with Crippen molar-refractivity contribution in [1.29, 1.82) is 0 Å². The summed E-state index contributed by atoms with van der Waals surface area (Å²) in [6.07, 6.45) is 6.76. The molecule has 0 aromatic heterocycles. The number of ether oxygens (including phenoxy) is 2. The summed E-state index contributed by atoms with van der Waals surface area (Å²) in [5, 5.41) is 10.6. The summed E-state index contributed by atoms with van der Waals surface area (Å²) in [6.45, 7) is 11.1. The molecule has 1 N–H and O–H groups in total. The van der Waals surface area contributed by atoms with Gasteiger partial charge in [0.15, 0.2) is 0 Å². The Labute approximate surface area is 229 Å². The SMILES string of the molecule is C=CCCCCOC(=O)[C@H]1[C@H]2C(=O)N([C@H](C)CO)C(C(=O)N(CC=C)c3ccc(Cl)cc3)C23CC[C@]1(C)O3. The van der Waals surface area contributed by atoms with Gasteiger partial charge in [-0.05, 0) is 70.2 Å². The summed E-state index contributed by atoms with van der Waals surface area (Å²) in [4.78, 5) is 44.7. The zero-order valence-corrected chi connectivity index (χ0v) is 22.9. The summed E-state index contributed by atoms with van der Waals surface area (Å²) in [7, 11) is 0. The number of hydrogen-bond acceptors (Lipinski definition) is 6. The van der Waals surface area contributed by atoms with E-state index in [0.29, 0.717) is 30.0 Å². The van der Waals surface area contributed by atoms with Crippen molar-refractivity contribution in [2.75, 3.05) is 24.7 Å². The van der Waals surface area contributed by atoms with Gasteiger partial charge in [-0.15, -0.1) is 13.2 Å². The summed E-state index contributed by atoms with van der Waals surface area (Å²) in [5.74, 6) is -2.91. The van der Waals surface area contributed by atoms with Gasteiger partial charge in [-0.1, -0.05) is 23.8 Å². The molecule has 9 heteroatoms. The Morgan fingerprint density at radius 2 is 1.97 bits per heavy atom. The normalized spacial score (nSPS) is 30.2. The van der Waals surface area contributed by atoms with E-state index in [1.165, 1.54) is 4.90 Å². The van der Waals surface area contributed by atoms with Gasteiger partial charge in [-0.3, -0.25) is 14.4 Å². The lowest BCUT2D eigenvalue weighted by Crippen LogP contribution is -2.58. The van der Waals surface area contributed by atoms with Crippen molar-refractivity contribution in [1.82, 2.24) is 4.90 Å². The van der Waals surface area contributed by atoms with Gasteiger partial charge in [0.25, 0.3) is 5.91 Å². The minimum Gasteiger partial charge on any atom is -0.465 e. The number of halogens is 1. The largest absolute Gasteiger partial charge is 0.465 e. The van der Waals surface area contributed by atoms with E-state index < -0.39 is 41.1 Å².